The van der Waals surface area contributed by atoms with Crippen LogP contribution in [-0.2, 0) is 4.18 Å². The van der Waals surface area contributed by atoms with E-state index < -0.39 is 5.43 Å². The molecular formula is C15H13ClO4S. The molecule has 0 saturated heterocycles. The van der Waals surface area contributed by atoms with E-state index in [1.54, 1.807) is 0 Å². The lowest BCUT2D eigenvalue weighted by Gasteiger charge is -2.08. The van der Waals surface area contributed by atoms with E-state index >= 15 is 0 Å². The van der Waals surface area contributed by atoms with Gasteiger partial charge in [0.2, 0.25) is 0 Å². The maximum atomic E-state index is 10.3. The molecule has 0 amide bonds. The normalized spacial score (nSPS) is 9.95. The van der Waals surface area contributed by atoms with Crippen molar-refractivity contribution >= 4 is 29.1 Å². The minimum absolute atomic E-state index is 0.410. The number of benzene rings is 2. The summed E-state index contributed by atoms with van der Waals surface area (Å²) in [6.45, 7) is 0.410. The third-order valence-electron chi connectivity index (χ3n) is 2.36. The van der Waals surface area contributed by atoms with Crippen LogP contribution in [0.2, 0.25) is 0 Å². The summed E-state index contributed by atoms with van der Waals surface area (Å²) >= 11 is 5.98. The summed E-state index contributed by atoms with van der Waals surface area (Å²) in [5.41, 5.74) is -0.831. The molecule has 0 heterocycles. The Balaban J connectivity index is 1.75. The highest BCUT2D eigenvalue weighted by Crippen LogP contribution is 2.23. The second kappa shape index (κ2) is 8.44. The fourth-order valence-electron chi connectivity index (χ4n) is 1.51. The first-order valence-electron chi connectivity index (χ1n) is 6.19. The number of ether oxygens (including phenoxy) is 2. The number of halogens is 1. The molecule has 0 fully saturated rings. The lowest BCUT2D eigenvalue weighted by molar-refractivity contribution is 0.232. The molecule has 0 aliphatic heterocycles. The van der Waals surface area contributed by atoms with Crippen molar-refractivity contribution in [2.45, 2.75) is 0 Å². The van der Waals surface area contributed by atoms with Crippen molar-refractivity contribution in [3.05, 3.63) is 54.6 Å². The Hall–Kier alpha value is -1.85. The summed E-state index contributed by atoms with van der Waals surface area (Å²) < 4.78 is 15.7. The molecule has 0 aromatic heterocycles. The zero-order valence-electron chi connectivity index (χ0n) is 11.0. The average molecular weight is 325 g/mol. The fraction of sp³-hybridized carbons (Fsp3) is 0.133. The first kappa shape index (κ1) is 15.5. The molecule has 0 unspecified atom stereocenters. The van der Waals surface area contributed by atoms with Crippen LogP contribution in [0.15, 0.2) is 54.6 Å². The van der Waals surface area contributed by atoms with Crippen LogP contribution in [0, 0.1) is 0 Å². The van der Waals surface area contributed by atoms with Crippen LogP contribution in [0.25, 0.3) is 0 Å². The van der Waals surface area contributed by atoms with Gasteiger partial charge in [0.1, 0.15) is 23.9 Å². The van der Waals surface area contributed by atoms with Gasteiger partial charge in [0.05, 0.1) is 17.8 Å². The Morgan fingerprint density at radius 1 is 0.952 bits per heavy atom. The summed E-state index contributed by atoms with van der Waals surface area (Å²) in [4.78, 5) is 10.3. The molecule has 110 valence electrons. The molecule has 0 aliphatic carbocycles. The Kier molecular flexibility index (Phi) is 6.24. The summed E-state index contributed by atoms with van der Waals surface area (Å²) in [6, 6.07) is 16.8. The van der Waals surface area contributed by atoms with E-state index in [0.29, 0.717) is 18.1 Å². The van der Waals surface area contributed by atoms with E-state index in [9.17, 15) is 4.79 Å². The highest BCUT2D eigenvalue weighted by atomic mass is 35.5. The molecule has 0 N–H and O–H groups in total. The lowest BCUT2D eigenvalue weighted by Crippen LogP contribution is -2.01. The van der Waals surface area contributed by atoms with Gasteiger partial charge in [-0.1, -0.05) is 18.2 Å². The first-order valence-corrected chi connectivity index (χ1v) is 7.47. The van der Waals surface area contributed by atoms with Crippen LogP contribution >= 0.6 is 23.6 Å². The first-order chi connectivity index (χ1) is 10.2. The van der Waals surface area contributed by atoms with Crippen LogP contribution in [0.1, 0.15) is 0 Å². The lowest BCUT2D eigenvalue weighted by atomic mass is 10.3. The van der Waals surface area contributed by atoms with Gasteiger partial charge in [-0.2, -0.15) is 0 Å². The maximum Gasteiger partial charge on any atom is 0.415 e. The van der Waals surface area contributed by atoms with Gasteiger partial charge in [-0.25, -0.2) is 4.79 Å². The van der Waals surface area contributed by atoms with Gasteiger partial charge in [-0.05, 0) is 36.4 Å². The third-order valence-corrected chi connectivity index (χ3v) is 3.13. The van der Waals surface area contributed by atoms with Crippen molar-refractivity contribution in [1.29, 1.82) is 0 Å². The number of rotatable bonds is 7. The van der Waals surface area contributed by atoms with Crippen molar-refractivity contribution in [2.75, 3.05) is 12.4 Å². The van der Waals surface area contributed by atoms with Crippen LogP contribution < -0.4 is 9.47 Å². The van der Waals surface area contributed by atoms with Gasteiger partial charge in [-0.3, -0.25) is 0 Å². The molecule has 6 heteroatoms. The molecule has 0 atom stereocenters. The fourth-order valence-corrected chi connectivity index (χ4v) is 1.97. The summed E-state index contributed by atoms with van der Waals surface area (Å²) in [6.07, 6.45) is 0. The standard InChI is InChI=1S/C15H13ClO4S/c16-15(17)20-21-11-10-18-12-6-8-14(9-7-12)19-13-4-2-1-3-5-13/h1-9H,10-11H2. The summed E-state index contributed by atoms with van der Waals surface area (Å²) in [5.74, 6) is 2.73. The van der Waals surface area contributed by atoms with Gasteiger partial charge >= 0.3 is 5.43 Å². The number of hydrogen-bond acceptors (Lipinski definition) is 5. The maximum absolute atomic E-state index is 10.3. The average Bonchev–Trinajstić information content (AvgIpc) is 2.49. The summed E-state index contributed by atoms with van der Waals surface area (Å²) in [5, 5.41) is 0. The zero-order chi connectivity index (χ0) is 14.9. The summed E-state index contributed by atoms with van der Waals surface area (Å²) in [7, 11) is 0. The highest BCUT2D eigenvalue weighted by Gasteiger charge is 2.00. The largest absolute Gasteiger partial charge is 0.493 e. The van der Waals surface area contributed by atoms with E-state index in [4.69, 9.17) is 21.1 Å². The van der Waals surface area contributed by atoms with Crippen LogP contribution in [0.3, 0.4) is 0 Å². The quantitative estimate of drug-likeness (QED) is 0.412. The molecule has 2 aromatic rings. The highest BCUT2D eigenvalue weighted by molar-refractivity contribution is 7.95. The van der Waals surface area contributed by atoms with Crippen molar-refractivity contribution in [1.82, 2.24) is 0 Å². The predicted octanol–water partition coefficient (Wildman–Crippen LogP) is 4.88. The van der Waals surface area contributed by atoms with E-state index in [-0.39, 0.29) is 0 Å². The van der Waals surface area contributed by atoms with Crippen molar-refractivity contribution < 1.29 is 18.5 Å². The van der Waals surface area contributed by atoms with Crippen LogP contribution in [0.5, 0.6) is 17.2 Å². The molecular weight excluding hydrogens is 312 g/mol. The smallest absolute Gasteiger partial charge is 0.415 e. The Morgan fingerprint density at radius 3 is 2.24 bits per heavy atom. The molecule has 0 spiro atoms. The van der Waals surface area contributed by atoms with E-state index in [0.717, 1.165) is 23.5 Å². The predicted molar refractivity (Wildman–Crippen MR) is 83.2 cm³/mol. The molecule has 0 radical (unpaired) electrons. The van der Waals surface area contributed by atoms with E-state index in [1.165, 1.54) is 0 Å². The van der Waals surface area contributed by atoms with Gasteiger partial charge in [0, 0.05) is 11.6 Å². The number of para-hydroxylation sites is 1. The zero-order valence-corrected chi connectivity index (χ0v) is 12.6. The van der Waals surface area contributed by atoms with Crippen LogP contribution in [0.4, 0.5) is 4.79 Å². The second-order valence-electron chi connectivity index (χ2n) is 3.88. The monoisotopic (exact) mass is 324 g/mol. The van der Waals surface area contributed by atoms with Gasteiger partial charge in [-0.15, -0.1) is 0 Å². The molecule has 0 bridgehead atoms. The van der Waals surface area contributed by atoms with E-state index in [1.807, 2.05) is 54.6 Å². The third kappa shape index (κ3) is 5.97. The van der Waals surface area contributed by atoms with E-state index in [2.05, 4.69) is 4.18 Å². The van der Waals surface area contributed by atoms with Crippen molar-refractivity contribution in [3.8, 4) is 17.2 Å². The Bertz CT molecular complexity index is 560. The number of hydrogen-bond donors (Lipinski definition) is 0. The molecule has 2 aromatic carbocycles. The van der Waals surface area contributed by atoms with Crippen molar-refractivity contribution in [3.63, 3.8) is 0 Å². The number of carbonyl (C=O) groups excluding carboxylic acids is 1. The number of carbonyl (C=O) groups is 1. The minimum Gasteiger partial charge on any atom is -0.493 e. The Labute approximate surface area is 132 Å². The Morgan fingerprint density at radius 2 is 1.57 bits per heavy atom. The van der Waals surface area contributed by atoms with Gasteiger partial charge < -0.3 is 13.7 Å². The van der Waals surface area contributed by atoms with Gasteiger partial charge in [0.15, 0.2) is 0 Å². The molecule has 4 nitrogen and oxygen atoms in total. The topological polar surface area (TPSA) is 44.8 Å². The molecule has 0 saturated carbocycles. The van der Waals surface area contributed by atoms with Crippen molar-refractivity contribution in [2.24, 2.45) is 0 Å². The molecule has 2 rings (SSSR count). The van der Waals surface area contributed by atoms with Gasteiger partial charge in [0.25, 0.3) is 0 Å². The minimum atomic E-state index is -0.831. The molecule has 21 heavy (non-hydrogen) atoms. The second-order valence-corrected chi connectivity index (χ2v) is 5.00. The van der Waals surface area contributed by atoms with Crippen LogP contribution in [-0.4, -0.2) is 17.8 Å². The molecule has 0 aliphatic rings. The SMILES string of the molecule is O=C(Cl)OSCCOc1ccc(Oc2ccccc2)cc1.